The van der Waals surface area contributed by atoms with E-state index in [4.69, 9.17) is 9.47 Å². The number of amides is 2. The van der Waals surface area contributed by atoms with E-state index in [0.717, 1.165) is 10.9 Å². The molecule has 2 aliphatic heterocycles. The smallest absolute Gasteiger partial charge is 0.261 e. The standard InChI is InChI=1S/C14H14BrNO4/c15-9-2-3-10-11(8-9)14(18)16(13(10)17)5-4-12-19-6-1-7-20-12/h2-3,8,12H,1,4-7H2. The van der Waals surface area contributed by atoms with E-state index in [2.05, 4.69) is 15.9 Å². The largest absolute Gasteiger partial charge is 0.353 e. The third kappa shape index (κ3) is 2.51. The highest BCUT2D eigenvalue weighted by atomic mass is 79.9. The number of hydrogen-bond donors (Lipinski definition) is 0. The van der Waals surface area contributed by atoms with Gasteiger partial charge in [0.1, 0.15) is 0 Å². The average molecular weight is 340 g/mol. The van der Waals surface area contributed by atoms with Gasteiger partial charge in [0.2, 0.25) is 0 Å². The molecule has 2 heterocycles. The Balaban J connectivity index is 1.69. The van der Waals surface area contributed by atoms with Crippen LogP contribution in [0.15, 0.2) is 22.7 Å². The van der Waals surface area contributed by atoms with Gasteiger partial charge in [-0.25, -0.2) is 0 Å². The number of carbonyl (C=O) groups excluding carboxylic acids is 2. The summed E-state index contributed by atoms with van der Waals surface area (Å²) in [5.41, 5.74) is 0.915. The van der Waals surface area contributed by atoms with Crippen molar-refractivity contribution in [3.8, 4) is 0 Å². The quantitative estimate of drug-likeness (QED) is 0.792. The van der Waals surface area contributed by atoms with Crippen LogP contribution in [0.2, 0.25) is 0 Å². The minimum Gasteiger partial charge on any atom is -0.353 e. The van der Waals surface area contributed by atoms with Crippen LogP contribution in [0.5, 0.6) is 0 Å². The highest BCUT2D eigenvalue weighted by molar-refractivity contribution is 9.10. The van der Waals surface area contributed by atoms with Crippen molar-refractivity contribution in [3.63, 3.8) is 0 Å². The molecule has 1 fully saturated rings. The minimum absolute atomic E-state index is 0.242. The summed E-state index contributed by atoms with van der Waals surface area (Å²) in [7, 11) is 0. The van der Waals surface area contributed by atoms with E-state index in [-0.39, 0.29) is 18.1 Å². The molecular formula is C14H14BrNO4. The molecule has 20 heavy (non-hydrogen) atoms. The van der Waals surface area contributed by atoms with Gasteiger partial charge >= 0.3 is 0 Å². The molecule has 0 atom stereocenters. The Kier molecular flexibility index (Phi) is 3.87. The average Bonchev–Trinajstić information content (AvgIpc) is 2.70. The van der Waals surface area contributed by atoms with E-state index in [1.54, 1.807) is 18.2 Å². The van der Waals surface area contributed by atoms with Crippen LogP contribution in [0.3, 0.4) is 0 Å². The van der Waals surface area contributed by atoms with Gasteiger partial charge in [-0.05, 0) is 24.6 Å². The molecule has 0 spiro atoms. The maximum Gasteiger partial charge on any atom is 0.261 e. The van der Waals surface area contributed by atoms with Gasteiger partial charge in [-0.15, -0.1) is 0 Å². The fourth-order valence-electron chi connectivity index (χ4n) is 2.40. The van der Waals surface area contributed by atoms with Gasteiger partial charge in [0, 0.05) is 17.4 Å². The van der Waals surface area contributed by atoms with E-state index in [1.807, 2.05) is 0 Å². The summed E-state index contributed by atoms with van der Waals surface area (Å²) in [6.45, 7) is 1.65. The fourth-order valence-corrected chi connectivity index (χ4v) is 2.76. The van der Waals surface area contributed by atoms with Crippen molar-refractivity contribution < 1.29 is 19.1 Å². The fraction of sp³-hybridized carbons (Fsp3) is 0.429. The Morgan fingerprint density at radius 2 is 1.85 bits per heavy atom. The lowest BCUT2D eigenvalue weighted by molar-refractivity contribution is -0.181. The first-order valence-corrected chi connectivity index (χ1v) is 7.35. The summed E-state index contributed by atoms with van der Waals surface area (Å²) in [4.78, 5) is 25.7. The first-order chi connectivity index (χ1) is 9.66. The summed E-state index contributed by atoms with van der Waals surface area (Å²) in [5.74, 6) is -0.490. The molecule has 106 valence electrons. The van der Waals surface area contributed by atoms with Gasteiger partial charge in [0.15, 0.2) is 6.29 Å². The van der Waals surface area contributed by atoms with E-state index >= 15 is 0 Å². The topological polar surface area (TPSA) is 55.8 Å². The second kappa shape index (κ2) is 5.63. The van der Waals surface area contributed by atoms with Crippen molar-refractivity contribution >= 4 is 27.7 Å². The van der Waals surface area contributed by atoms with E-state index in [1.165, 1.54) is 4.90 Å². The molecule has 0 bridgehead atoms. The Morgan fingerprint density at radius 3 is 2.60 bits per heavy atom. The normalized spacial score (nSPS) is 19.6. The summed E-state index contributed by atoms with van der Waals surface area (Å²) in [5, 5.41) is 0. The Hall–Kier alpha value is -1.24. The van der Waals surface area contributed by atoms with Gasteiger partial charge in [-0.1, -0.05) is 15.9 Å². The zero-order valence-electron chi connectivity index (χ0n) is 10.8. The molecule has 1 saturated heterocycles. The van der Waals surface area contributed by atoms with E-state index in [9.17, 15) is 9.59 Å². The summed E-state index contributed by atoms with van der Waals surface area (Å²) in [6, 6.07) is 5.12. The van der Waals surface area contributed by atoms with Gasteiger partial charge in [0.05, 0.1) is 24.3 Å². The zero-order valence-corrected chi connectivity index (χ0v) is 12.4. The first kappa shape index (κ1) is 13.7. The maximum atomic E-state index is 12.2. The molecule has 0 radical (unpaired) electrons. The molecule has 0 aromatic heterocycles. The molecule has 5 nitrogen and oxygen atoms in total. The molecule has 2 amide bonds. The molecule has 6 heteroatoms. The second-order valence-corrected chi connectivity index (χ2v) is 5.68. The molecule has 0 saturated carbocycles. The number of carbonyl (C=O) groups is 2. The summed E-state index contributed by atoms with van der Waals surface area (Å²) in [6.07, 6.45) is 1.07. The predicted octanol–water partition coefficient (Wildman–Crippen LogP) is 2.20. The number of imide groups is 1. The predicted molar refractivity (Wildman–Crippen MR) is 74.4 cm³/mol. The van der Waals surface area contributed by atoms with Crippen LogP contribution in [0.25, 0.3) is 0 Å². The third-order valence-corrected chi connectivity index (χ3v) is 3.91. The molecule has 3 rings (SSSR count). The Morgan fingerprint density at radius 1 is 1.15 bits per heavy atom. The molecule has 0 aliphatic carbocycles. The molecule has 2 aliphatic rings. The molecular weight excluding hydrogens is 326 g/mol. The van der Waals surface area contributed by atoms with Crippen molar-refractivity contribution in [2.45, 2.75) is 19.1 Å². The van der Waals surface area contributed by atoms with Gasteiger partial charge in [0.25, 0.3) is 11.8 Å². The highest BCUT2D eigenvalue weighted by Crippen LogP contribution is 2.26. The van der Waals surface area contributed by atoms with Crippen molar-refractivity contribution in [3.05, 3.63) is 33.8 Å². The lowest BCUT2D eigenvalue weighted by atomic mass is 10.1. The maximum absolute atomic E-state index is 12.2. The summed E-state index contributed by atoms with van der Waals surface area (Å²) >= 11 is 3.31. The number of halogens is 1. The number of nitrogens with zero attached hydrogens (tertiary/aromatic N) is 1. The molecule has 1 aromatic carbocycles. The number of ether oxygens (including phenoxy) is 2. The van der Waals surface area contributed by atoms with Crippen molar-refractivity contribution in [1.82, 2.24) is 4.90 Å². The van der Waals surface area contributed by atoms with Crippen LogP contribution in [-0.2, 0) is 9.47 Å². The minimum atomic E-state index is -0.320. The summed E-state index contributed by atoms with van der Waals surface area (Å²) < 4.78 is 11.6. The van der Waals surface area contributed by atoms with Crippen molar-refractivity contribution in [2.24, 2.45) is 0 Å². The van der Waals surface area contributed by atoms with Crippen molar-refractivity contribution in [2.75, 3.05) is 19.8 Å². The SMILES string of the molecule is O=C1c2ccc(Br)cc2C(=O)N1CCC1OCCCO1. The van der Waals surface area contributed by atoms with Gasteiger partial charge in [-0.3, -0.25) is 14.5 Å². The third-order valence-electron chi connectivity index (χ3n) is 3.42. The van der Waals surface area contributed by atoms with Gasteiger partial charge < -0.3 is 9.47 Å². The Labute approximate surface area is 125 Å². The van der Waals surface area contributed by atoms with Crippen LogP contribution >= 0.6 is 15.9 Å². The van der Waals surface area contributed by atoms with E-state index in [0.29, 0.717) is 37.3 Å². The van der Waals surface area contributed by atoms with Gasteiger partial charge in [-0.2, -0.15) is 0 Å². The highest BCUT2D eigenvalue weighted by Gasteiger charge is 2.35. The second-order valence-electron chi connectivity index (χ2n) is 4.77. The first-order valence-electron chi connectivity index (χ1n) is 6.56. The van der Waals surface area contributed by atoms with Crippen molar-refractivity contribution in [1.29, 1.82) is 0 Å². The lowest BCUT2D eigenvalue weighted by Crippen LogP contribution is -2.35. The molecule has 0 N–H and O–H groups in total. The van der Waals surface area contributed by atoms with Crippen LogP contribution in [0, 0.1) is 0 Å². The van der Waals surface area contributed by atoms with Crippen LogP contribution in [-0.4, -0.2) is 42.8 Å². The molecule has 1 aromatic rings. The number of rotatable bonds is 3. The molecule has 0 unspecified atom stereocenters. The van der Waals surface area contributed by atoms with E-state index < -0.39 is 0 Å². The Bertz CT molecular complexity index is 554. The number of fused-ring (bicyclic) bond motifs is 1. The lowest BCUT2D eigenvalue weighted by Gasteiger charge is -2.24. The van der Waals surface area contributed by atoms with Crippen LogP contribution < -0.4 is 0 Å². The number of benzene rings is 1. The zero-order chi connectivity index (χ0) is 14.1. The van der Waals surface area contributed by atoms with Crippen LogP contribution in [0.1, 0.15) is 33.6 Å². The van der Waals surface area contributed by atoms with Crippen LogP contribution in [0.4, 0.5) is 0 Å². The monoisotopic (exact) mass is 339 g/mol. The number of hydrogen-bond acceptors (Lipinski definition) is 4.